The van der Waals surface area contributed by atoms with Crippen LogP contribution >= 0.6 is 0 Å². The fourth-order valence-electron chi connectivity index (χ4n) is 2.75. The summed E-state index contributed by atoms with van der Waals surface area (Å²) in [6, 6.07) is -0.0763. The number of ether oxygens (including phenoxy) is 1. The van der Waals surface area contributed by atoms with E-state index in [1.165, 1.54) is 0 Å². The minimum Gasteiger partial charge on any atom is -0.444 e. The highest BCUT2D eigenvalue weighted by Crippen LogP contribution is 2.42. The molecule has 18 heavy (non-hydrogen) atoms. The molecule has 2 rings (SSSR count). The van der Waals surface area contributed by atoms with Gasteiger partial charge < -0.3 is 15.4 Å². The smallest absolute Gasteiger partial charge is 0.407 e. The minimum absolute atomic E-state index is 0.0763. The number of Topliss-reactive ketones (excluding diaryl/α,β-unsaturated/α-hetero) is 1. The molecule has 1 saturated carbocycles. The van der Waals surface area contributed by atoms with Crippen molar-refractivity contribution in [2.45, 2.75) is 51.7 Å². The van der Waals surface area contributed by atoms with Crippen LogP contribution in [0.2, 0.25) is 0 Å². The average Bonchev–Trinajstić information content (AvgIpc) is 2.27. The Hall–Kier alpha value is -1.10. The highest BCUT2D eigenvalue weighted by molar-refractivity contribution is 5.94. The highest BCUT2D eigenvalue weighted by Gasteiger charge is 2.55. The molecule has 0 aromatic rings. The molecule has 0 radical (unpaired) electrons. The summed E-state index contributed by atoms with van der Waals surface area (Å²) in [6.45, 7) is 7.11. The molecule has 1 amide bonds. The predicted molar refractivity (Wildman–Crippen MR) is 67.3 cm³/mol. The lowest BCUT2D eigenvalue weighted by atomic mass is 9.59. The predicted octanol–water partition coefficient (Wildman–Crippen LogP) is 1.22. The standard InChI is InChI=1S/C13H22N2O3/c1-12(2,3)18-11(17)15-9-7-10(16)13(9)5-4-6-14-8-13/h9,14H,4-8H2,1-3H3,(H,15,17). The van der Waals surface area contributed by atoms with Gasteiger partial charge in [-0.25, -0.2) is 4.79 Å². The Morgan fingerprint density at radius 1 is 1.50 bits per heavy atom. The summed E-state index contributed by atoms with van der Waals surface area (Å²) in [4.78, 5) is 23.6. The molecule has 1 aliphatic heterocycles. The van der Waals surface area contributed by atoms with Gasteiger partial charge in [0.25, 0.3) is 0 Å². The largest absolute Gasteiger partial charge is 0.444 e. The van der Waals surface area contributed by atoms with E-state index in [1.807, 2.05) is 20.8 Å². The second-order valence-electron chi connectivity index (χ2n) is 6.26. The molecule has 1 saturated heterocycles. The molecule has 1 spiro atoms. The van der Waals surface area contributed by atoms with Gasteiger partial charge in [-0.05, 0) is 40.2 Å². The normalized spacial score (nSPS) is 31.9. The maximum Gasteiger partial charge on any atom is 0.407 e. The minimum atomic E-state index is -0.504. The van der Waals surface area contributed by atoms with Crippen molar-refractivity contribution in [1.29, 1.82) is 0 Å². The van der Waals surface area contributed by atoms with Crippen LogP contribution in [0.5, 0.6) is 0 Å². The van der Waals surface area contributed by atoms with Gasteiger partial charge in [0.15, 0.2) is 0 Å². The molecular formula is C13H22N2O3. The zero-order chi connectivity index (χ0) is 13.4. The van der Waals surface area contributed by atoms with Gasteiger partial charge in [0.2, 0.25) is 0 Å². The Bertz CT molecular complexity index is 354. The number of amides is 1. The summed E-state index contributed by atoms with van der Waals surface area (Å²) in [6.07, 6.45) is 1.85. The topological polar surface area (TPSA) is 67.4 Å². The van der Waals surface area contributed by atoms with E-state index >= 15 is 0 Å². The Labute approximate surface area is 108 Å². The summed E-state index contributed by atoms with van der Waals surface area (Å²) < 4.78 is 5.23. The Kier molecular flexibility index (Phi) is 3.36. The summed E-state index contributed by atoms with van der Waals surface area (Å²) in [5.74, 6) is 0.260. The molecule has 2 aliphatic rings. The van der Waals surface area contributed by atoms with Crippen LogP contribution < -0.4 is 10.6 Å². The maximum absolute atomic E-state index is 11.9. The van der Waals surface area contributed by atoms with Crippen LogP contribution in [-0.2, 0) is 9.53 Å². The van der Waals surface area contributed by atoms with Gasteiger partial charge in [0.05, 0.1) is 11.5 Å². The first-order valence-electron chi connectivity index (χ1n) is 6.57. The van der Waals surface area contributed by atoms with E-state index in [-0.39, 0.29) is 17.2 Å². The molecule has 2 fully saturated rings. The summed E-state index contributed by atoms with van der Waals surface area (Å²) in [5.41, 5.74) is -0.884. The maximum atomic E-state index is 11.9. The molecule has 0 bridgehead atoms. The van der Waals surface area contributed by atoms with Crippen LogP contribution in [0.3, 0.4) is 0 Å². The molecule has 5 nitrogen and oxygen atoms in total. The monoisotopic (exact) mass is 254 g/mol. The second kappa shape index (κ2) is 4.53. The van der Waals surface area contributed by atoms with Gasteiger partial charge in [-0.3, -0.25) is 4.79 Å². The van der Waals surface area contributed by atoms with Crippen LogP contribution in [0, 0.1) is 5.41 Å². The molecule has 5 heteroatoms. The molecule has 1 heterocycles. The number of rotatable bonds is 1. The van der Waals surface area contributed by atoms with E-state index in [2.05, 4.69) is 10.6 Å². The van der Waals surface area contributed by atoms with E-state index in [0.29, 0.717) is 13.0 Å². The molecule has 102 valence electrons. The number of hydrogen-bond donors (Lipinski definition) is 2. The zero-order valence-electron chi connectivity index (χ0n) is 11.3. The number of hydrogen-bond acceptors (Lipinski definition) is 4. The van der Waals surface area contributed by atoms with Crippen molar-refractivity contribution in [3.8, 4) is 0 Å². The van der Waals surface area contributed by atoms with E-state index in [1.54, 1.807) is 0 Å². The molecular weight excluding hydrogens is 232 g/mol. The van der Waals surface area contributed by atoms with Gasteiger partial charge in [0, 0.05) is 13.0 Å². The van der Waals surface area contributed by atoms with Gasteiger partial charge in [-0.2, -0.15) is 0 Å². The van der Waals surface area contributed by atoms with E-state index in [9.17, 15) is 9.59 Å². The van der Waals surface area contributed by atoms with Gasteiger partial charge in [-0.1, -0.05) is 0 Å². The molecule has 2 unspecified atom stereocenters. The van der Waals surface area contributed by atoms with Gasteiger partial charge >= 0.3 is 6.09 Å². The van der Waals surface area contributed by atoms with Crippen LogP contribution in [0.4, 0.5) is 4.79 Å². The van der Waals surface area contributed by atoms with Crippen molar-refractivity contribution in [2.24, 2.45) is 5.41 Å². The number of carbonyl (C=O) groups excluding carboxylic acids is 2. The lowest BCUT2D eigenvalue weighted by Gasteiger charge is -2.50. The highest BCUT2D eigenvalue weighted by atomic mass is 16.6. The first kappa shape index (κ1) is 13.3. The van der Waals surface area contributed by atoms with E-state index in [0.717, 1.165) is 19.4 Å². The van der Waals surface area contributed by atoms with Crippen molar-refractivity contribution in [1.82, 2.24) is 10.6 Å². The molecule has 1 aliphatic carbocycles. The quantitative estimate of drug-likeness (QED) is 0.738. The first-order valence-corrected chi connectivity index (χ1v) is 6.57. The number of ketones is 1. The first-order chi connectivity index (χ1) is 8.33. The van der Waals surface area contributed by atoms with Crippen molar-refractivity contribution < 1.29 is 14.3 Å². The van der Waals surface area contributed by atoms with Crippen molar-refractivity contribution >= 4 is 11.9 Å². The van der Waals surface area contributed by atoms with Crippen LogP contribution in [-0.4, -0.2) is 36.6 Å². The van der Waals surface area contributed by atoms with Gasteiger partial charge in [-0.15, -0.1) is 0 Å². The third-order valence-corrected chi connectivity index (χ3v) is 3.72. The second-order valence-corrected chi connectivity index (χ2v) is 6.26. The van der Waals surface area contributed by atoms with Crippen molar-refractivity contribution in [2.75, 3.05) is 13.1 Å². The van der Waals surface area contributed by atoms with Crippen molar-refractivity contribution in [3.63, 3.8) is 0 Å². The fraction of sp³-hybridized carbons (Fsp3) is 0.846. The third kappa shape index (κ3) is 2.51. The Morgan fingerprint density at radius 3 is 2.72 bits per heavy atom. The van der Waals surface area contributed by atoms with Gasteiger partial charge in [0.1, 0.15) is 11.4 Å². The van der Waals surface area contributed by atoms with Crippen LogP contribution in [0.25, 0.3) is 0 Å². The van der Waals surface area contributed by atoms with Crippen LogP contribution in [0.15, 0.2) is 0 Å². The summed E-state index contributed by atoms with van der Waals surface area (Å²) >= 11 is 0. The number of carbonyl (C=O) groups is 2. The fourth-order valence-corrected chi connectivity index (χ4v) is 2.75. The number of nitrogens with one attached hydrogen (secondary N) is 2. The molecule has 2 atom stereocenters. The Balaban J connectivity index is 1.94. The SMILES string of the molecule is CC(C)(C)OC(=O)NC1CC(=O)C12CCCNC2. The average molecular weight is 254 g/mol. The summed E-state index contributed by atoms with van der Waals surface area (Å²) in [5, 5.41) is 6.09. The third-order valence-electron chi connectivity index (χ3n) is 3.72. The lowest BCUT2D eigenvalue weighted by molar-refractivity contribution is -0.143. The lowest BCUT2D eigenvalue weighted by Crippen LogP contribution is -2.67. The summed E-state index contributed by atoms with van der Waals surface area (Å²) in [7, 11) is 0. The molecule has 2 N–H and O–H groups in total. The van der Waals surface area contributed by atoms with Crippen molar-refractivity contribution in [3.05, 3.63) is 0 Å². The van der Waals surface area contributed by atoms with E-state index in [4.69, 9.17) is 4.74 Å². The van der Waals surface area contributed by atoms with E-state index < -0.39 is 11.7 Å². The molecule has 0 aromatic heterocycles. The Morgan fingerprint density at radius 2 is 2.22 bits per heavy atom. The van der Waals surface area contributed by atoms with Crippen LogP contribution in [0.1, 0.15) is 40.0 Å². The number of piperidine rings is 1. The molecule has 0 aromatic carbocycles. The zero-order valence-corrected chi connectivity index (χ0v) is 11.3. The number of alkyl carbamates (subject to hydrolysis) is 1.